The van der Waals surface area contributed by atoms with Crippen molar-refractivity contribution >= 4 is 11.3 Å². The van der Waals surface area contributed by atoms with E-state index in [-0.39, 0.29) is 0 Å². The highest BCUT2D eigenvalue weighted by molar-refractivity contribution is 7.09. The molecular weight excluding hydrogens is 220 g/mol. The summed E-state index contributed by atoms with van der Waals surface area (Å²) >= 11 is 1.74. The fraction of sp³-hybridized carbons (Fsp3) is 0.727. The van der Waals surface area contributed by atoms with Crippen LogP contribution in [0, 0.1) is 0 Å². The largest absolute Gasteiger partial charge is 0.314 e. The number of hydrogen-bond donors (Lipinski definition) is 1. The zero-order valence-electron chi connectivity index (χ0n) is 9.85. The van der Waals surface area contributed by atoms with E-state index in [1.54, 1.807) is 11.3 Å². The number of nitrogens with zero attached hydrogens (tertiary/aromatic N) is 3. The van der Waals surface area contributed by atoms with Gasteiger partial charge in [0.05, 0.1) is 6.54 Å². The van der Waals surface area contributed by atoms with E-state index in [2.05, 4.69) is 27.1 Å². The molecule has 1 aromatic rings. The summed E-state index contributed by atoms with van der Waals surface area (Å²) < 4.78 is 0. The van der Waals surface area contributed by atoms with Crippen LogP contribution in [0.15, 0.2) is 11.6 Å². The SMILES string of the molecule is CN(CCN1CCNCC1)Cc1nccs1. The molecule has 1 aromatic heterocycles. The van der Waals surface area contributed by atoms with E-state index >= 15 is 0 Å². The summed E-state index contributed by atoms with van der Waals surface area (Å²) in [5.41, 5.74) is 0. The lowest BCUT2D eigenvalue weighted by Crippen LogP contribution is -2.45. The van der Waals surface area contributed by atoms with Crippen molar-refractivity contribution in [1.29, 1.82) is 0 Å². The summed E-state index contributed by atoms with van der Waals surface area (Å²) in [5.74, 6) is 0. The van der Waals surface area contributed by atoms with Gasteiger partial charge in [0.15, 0.2) is 0 Å². The third-order valence-corrected chi connectivity index (χ3v) is 3.66. The molecule has 2 rings (SSSR count). The average Bonchev–Trinajstić information content (AvgIpc) is 2.81. The molecule has 1 aliphatic heterocycles. The van der Waals surface area contributed by atoms with Crippen LogP contribution in [0.3, 0.4) is 0 Å². The van der Waals surface area contributed by atoms with Gasteiger partial charge in [-0.3, -0.25) is 9.80 Å². The Kier molecular flexibility index (Phi) is 4.71. The lowest BCUT2D eigenvalue weighted by molar-refractivity contribution is 0.202. The van der Waals surface area contributed by atoms with Crippen molar-refractivity contribution in [3.8, 4) is 0 Å². The van der Waals surface area contributed by atoms with Crippen LogP contribution in [0.4, 0.5) is 0 Å². The van der Waals surface area contributed by atoms with E-state index in [0.717, 1.165) is 26.2 Å². The summed E-state index contributed by atoms with van der Waals surface area (Å²) in [6, 6.07) is 0. The highest BCUT2D eigenvalue weighted by Gasteiger charge is 2.10. The summed E-state index contributed by atoms with van der Waals surface area (Å²) in [4.78, 5) is 9.17. The van der Waals surface area contributed by atoms with Crippen LogP contribution < -0.4 is 5.32 Å². The van der Waals surface area contributed by atoms with E-state index in [1.807, 2.05) is 11.6 Å². The Hall–Kier alpha value is -0.490. The number of piperazine rings is 1. The Morgan fingerprint density at radius 2 is 2.31 bits per heavy atom. The van der Waals surface area contributed by atoms with Gasteiger partial charge < -0.3 is 5.32 Å². The van der Waals surface area contributed by atoms with E-state index in [1.165, 1.54) is 24.6 Å². The van der Waals surface area contributed by atoms with E-state index in [0.29, 0.717) is 0 Å². The Morgan fingerprint density at radius 3 is 3.00 bits per heavy atom. The Bertz CT molecular complexity index is 282. The zero-order chi connectivity index (χ0) is 11.2. The van der Waals surface area contributed by atoms with E-state index in [4.69, 9.17) is 0 Å². The lowest BCUT2D eigenvalue weighted by atomic mass is 10.3. The molecule has 5 heteroatoms. The second-order valence-corrected chi connectivity index (χ2v) is 5.23. The van der Waals surface area contributed by atoms with Crippen LogP contribution >= 0.6 is 11.3 Å². The van der Waals surface area contributed by atoms with Crippen LogP contribution in [-0.2, 0) is 6.54 Å². The molecule has 0 atom stereocenters. The predicted molar refractivity (Wildman–Crippen MR) is 67.8 cm³/mol. The van der Waals surface area contributed by atoms with Crippen LogP contribution in [0.2, 0.25) is 0 Å². The standard InChI is InChI=1S/C11H20N4S/c1-14(10-11-13-4-9-16-11)7-8-15-5-2-12-3-6-15/h4,9,12H,2-3,5-8,10H2,1H3. The van der Waals surface area contributed by atoms with Crippen LogP contribution in [0.25, 0.3) is 0 Å². The monoisotopic (exact) mass is 240 g/mol. The minimum absolute atomic E-state index is 0.976. The van der Waals surface area contributed by atoms with Crippen LogP contribution in [0.1, 0.15) is 5.01 Å². The third-order valence-electron chi connectivity index (χ3n) is 2.90. The first-order chi connectivity index (χ1) is 7.84. The summed E-state index contributed by atoms with van der Waals surface area (Å²) in [5, 5.41) is 6.63. The summed E-state index contributed by atoms with van der Waals surface area (Å²) in [6.45, 7) is 7.91. The molecular formula is C11H20N4S. The molecule has 0 unspecified atom stereocenters. The first-order valence-corrected chi connectivity index (χ1v) is 6.72. The smallest absolute Gasteiger partial charge is 0.107 e. The molecule has 1 aliphatic rings. The molecule has 0 bridgehead atoms. The first-order valence-electron chi connectivity index (χ1n) is 5.84. The highest BCUT2D eigenvalue weighted by atomic mass is 32.1. The maximum absolute atomic E-state index is 4.30. The number of aromatic nitrogens is 1. The molecule has 0 saturated carbocycles. The fourth-order valence-corrected chi connectivity index (χ4v) is 2.58. The highest BCUT2D eigenvalue weighted by Crippen LogP contribution is 2.06. The number of hydrogen-bond acceptors (Lipinski definition) is 5. The van der Waals surface area contributed by atoms with Crippen molar-refractivity contribution < 1.29 is 0 Å². The Morgan fingerprint density at radius 1 is 1.50 bits per heavy atom. The maximum atomic E-state index is 4.30. The molecule has 0 radical (unpaired) electrons. The first kappa shape index (κ1) is 12.0. The van der Waals surface area contributed by atoms with Gasteiger partial charge in [-0.1, -0.05) is 0 Å². The van der Waals surface area contributed by atoms with Crippen LogP contribution in [0.5, 0.6) is 0 Å². The van der Waals surface area contributed by atoms with Gasteiger partial charge in [0, 0.05) is 50.8 Å². The predicted octanol–water partition coefficient (Wildman–Crippen LogP) is 0.480. The van der Waals surface area contributed by atoms with Gasteiger partial charge in [0.1, 0.15) is 5.01 Å². The molecule has 4 nitrogen and oxygen atoms in total. The molecule has 90 valence electrons. The van der Waals surface area contributed by atoms with E-state index in [9.17, 15) is 0 Å². The van der Waals surface area contributed by atoms with Crippen LogP contribution in [-0.4, -0.2) is 61.1 Å². The van der Waals surface area contributed by atoms with Gasteiger partial charge in [-0.05, 0) is 7.05 Å². The van der Waals surface area contributed by atoms with Gasteiger partial charge in [-0.2, -0.15) is 0 Å². The van der Waals surface area contributed by atoms with Crippen molar-refractivity contribution in [1.82, 2.24) is 20.1 Å². The molecule has 1 N–H and O–H groups in total. The zero-order valence-corrected chi connectivity index (χ0v) is 10.7. The number of rotatable bonds is 5. The molecule has 0 aliphatic carbocycles. The van der Waals surface area contributed by atoms with Crippen molar-refractivity contribution in [3.63, 3.8) is 0 Å². The Balaban J connectivity index is 1.65. The topological polar surface area (TPSA) is 31.4 Å². The molecule has 1 fully saturated rings. The van der Waals surface area contributed by atoms with Gasteiger partial charge in [-0.25, -0.2) is 4.98 Å². The summed E-state index contributed by atoms with van der Waals surface area (Å²) in [7, 11) is 2.17. The minimum atomic E-state index is 0.976. The minimum Gasteiger partial charge on any atom is -0.314 e. The third kappa shape index (κ3) is 3.83. The van der Waals surface area contributed by atoms with Gasteiger partial charge in [0.2, 0.25) is 0 Å². The molecule has 16 heavy (non-hydrogen) atoms. The number of thiazole rings is 1. The van der Waals surface area contributed by atoms with Crippen molar-refractivity contribution in [2.24, 2.45) is 0 Å². The second kappa shape index (κ2) is 6.30. The van der Waals surface area contributed by atoms with Crippen molar-refractivity contribution in [3.05, 3.63) is 16.6 Å². The van der Waals surface area contributed by atoms with Crippen molar-refractivity contribution in [2.75, 3.05) is 46.3 Å². The molecule has 0 amide bonds. The molecule has 0 spiro atoms. The quantitative estimate of drug-likeness (QED) is 0.811. The van der Waals surface area contributed by atoms with Gasteiger partial charge >= 0.3 is 0 Å². The fourth-order valence-electron chi connectivity index (χ4n) is 1.89. The van der Waals surface area contributed by atoms with Gasteiger partial charge in [0.25, 0.3) is 0 Å². The second-order valence-electron chi connectivity index (χ2n) is 4.26. The van der Waals surface area contributed by atoms with Gasteiger partial charge in [-0.15, -0.1) is 11.3 Å². The lowest BCUT2D eigenvalue weighted by Gasteiger charge is -2.28. The number of likely N-dealkylation sites (N-methyl/N-ethyl adjacent to an activating group) is 1. The number of nitrogens with one attached hydrogen (secondary N) is 1. The van der Waals surface area contributed by atoms with Crippen molar-refractivity contribution in [2.45, 2.75) is 6.54 Å². The maximum Gasteiger partial charge on any atom is 0.107 e. The summed E-state index contributed by atoms with van der Waals surface area (Å²) in [6.07, 6.45) is 1.88. The molecule has 0 aromatic carbocycles. The average molecular weight is 240 g/mol. The molecule has 1 saturated heterocycles. The molecule has 2 heterocycles. The normalized spacial score (nSPS) is 18.1. The van der Waals surface area contributed by atoms with E-state index < -0.39 is 0 Å². The Labute approximate surface area is 101 Å².